The second kappa shape index (κ2) is 7.56. The second-order valence-electron chi connectivity index (χ2n) is 5.94. The van der Waals surface area contributed by atoms with E-state index in [4.69, 9.17) is 11.6 Å². The molecule has 0 bridgehead atoms. The van der Waals surface area contributed by atoms with Gasteiger partial charge in [-0.25, -0.2) is 13.1 Å². The lowest BCUT2D eigenvalue weighted by Gasteiger charge is -2.29. The first-order valence-corrected chi connectivity index (χ1v) is 9.91. The Morgan fingerprint density at radius 2 is 1.88 bits per heavy atom. The van der Waals surface area contributed by atoms with E-state index in [1.54, 1.807) is 17.0 Å². The van der Waals surface area contributed by atoms with Crippen LogP contribution < -0.4 is 4.72 Å². The van der Waals surface area contributed by atoms with Crippen molar-refractivity contribution in [1.82, 2.24) is 9.62 Å². The molecule has 0 spiro atoms. The Morgan fingerprint density at radius 1 is 1.12 bits per heavy atom. The van der Waals surface area contributed by atoms with Gasteiger partial charge < -0.3 is 4.90 Å². The summed E-state index contributed by atoms with van der Waals surface area (Å²) in [6.07, 6.45) is 0.956. The van der Waals surface area contributed by atoms with Gasteiger partial charge in [0.2, 0.25) is 15.9 Å². The lowest BCUT2D eigenvalue weighted by atomic mass is 10.00. The first-order chi connectivity index (χ1) is 12.0. The minimum absolute atomic E-state index is 0.0525. The zero-order valence-electron chi connectivity index (χ0n) is 13.6. The van der Waals surface area contributed by atoms with Gasteiger partial charge in [-0.1, -0.05) is 41.9 Å². The molecule has 1 aliphatic rings. The molecule has 0 radical (unpaired) electrons. The Balaban J connectivity index is 1.55. The van der Waals surface area contributed by atoms with E-state index >= 15 is 0 Å². The maximum absolute atomic E-state index is 12.4. The number of sulfonamides is 1. The molecule has 0 saturated carbocycles. The maximum atomic E-state index is 12.4. The van der Waals surface area contributed by atoms with Crippen molar-refractivity contribution in [2.75, 3.05) is 13.1 Å². The number of amides is 1. The van der Waals surface area contributed by atoms with Crippen molar-refractivity contribution in [2.24, 2.45) is 0 Å². The number of carbonyl (C=O) groups is 1. The molecule has 1 amide bonds. The lowest BCUT2D eigenvalue weighted by molar-refractivity contribution is -0.131. The Morgan fingerprint density at radius 3 is 2.64 bits per heavy atom. The zero-order chi connectivity index (χ0) is 17.9. The number of hydrogen-bond donors (Lipinski definition) is 1. The Bertz CT molecular complexity index is 883. The van der Waals surface area contributed by atoms with Gasteiger partial charge >= 0.3 is 0 Å². The standard InChI is InChI=1S/C18H19ClN2O3S/c19-16-6-3-7-17(12-16)25(23,24)20-10-8-18(22)21-11-9-14-4-1-2-5-15(14)13-21/h1-7,12,20H,8-11,13H2. The van der Waals surface area contributed by atoms with E-state index in [1.807, 2.05) is 18.2 Å². The molecule has 132 valence electrons. The molecule has 5 nitrogen and oxygen atoms in total. The van der Waals surface area contributed by atoms with Crippen molar-refractivity contribution in [2.45, 2.75) is 24.3 Å². The molecule has 0 fully saturated rings. The number of hydrogen-bond acceptors (Lipinski definition) is 3. The number of fused-ring (bicyclic) bond motifs is 1. The fraction of sp³-hybridized carbons (Fsp3) is 0.278. The van der Waals surface area contributed by atoms with Gasteiger partial charge in [-0.05, 0) is 35.7 Å². The molecule has 0 atom stereocenters. The first kappa shape index (κ1) is 17.9. The summed E-state index contributed by atoms with van der Waals surface area (Å²) in [5.74, 6) is -0.0525. The molecule has 0 aromatic heterocycles. The van der Waals surface area contributed by atoms with Gasteiger partial charge in [-0.2, -0.15) is 0 Å². The van der Waals surface area contributed by atoms with E-state index in [0.29, 0.717) is 18.1 Å². The summed E-state index contributed by atoms with van der Waals surface area (Å²) in [5, 5.41) is 0.353. The van der Waals surface area contributed by atoms with Gasteiger partial charge in [-0.3, -0.25) is 4.79 Å². The highest BCUT2D eigenvalue weighted by Gasteiger charge is 2.21. The highest BCUT2D eigenvalue weighted by Crippen LogP contribution is 2.19. The van der Waals surface area contributed by atoms with Gasteiger partial charge in [0.1, 0.15) is 0 Å². The van der Waals surface area contributed by atoms with Crippen LogP contribution in [0, 0.1) is 0 Å². The van der Waals surface area contributed by atoms with Crippen LogP contribution >= 0.6 is 11.6 Å². The fourth-order valence-corrected chi connectivity index (χ4v) is 4.21. The van der Waals surface area contributed by atoms with Crippen molar-refractivity contribution in [3.05, 3.63) is 64.7 Å². The van der Waals surface area contributed by atoms with Crippen LogP contribution in [0.1, 0.15) is 17.5 Å². The van der Waals surface area contributed by atoms with Gasteiger partial charge in [0.25, 0.3) is 0 Å². The molecular formula is C18H19ClN2O3S. The largest absolute Gasteiger partial charge is 0.338 e. The predicted octanol–water partition coefficient (Wildman–Crippen LogP) is 2.59. The SMILES string of the molecule is O=C(CCNS(=O)(=O)c1cccc(Cl)c1)N1CCc2ccccc2C1. The van der Waals surface area contributed by atoms with Gasteiger partial charge in [-0.15, -0.1) is 0 Å². The highest BCUT2D eigenvalue weighted by molar-refractivity contribution is 7.89. The van der Waals surface area contributed by atoms with Crippen LogP contribution in [0.5, 0.6) is 0 Å². The average Bonchev–Trinajstić information content (AvgIpc) is 2.61. The maximum Gasteiger partial charge on any atom is 0.240 e. The third-order valence-electron chi connectivity index (χ3n) is 4.22. The van der Waals surface area contributed by atoms with Crippen molar-refractivity contribution in [3.8, 4) is 0 Å². The molecular weight excluding hydrogens is 360 g/mol. The molecule has 1 heterocycles. The number of benzene rings is 2. The van der Waals surface area contributed by atoms with E-state index in [2.05, 4.69) is 10.8 Å². The molecule has 1 aliphatic heterocycles. The third kappa shape index (κ3) is 4.39. The van der Waals surface area contributed by atoms with Crippen LogP contribution in [0.3, 0.4) is 0 Å². The summed E-state index contributed by atoms with van der Waals surface area (Å²) in [6.45, 7) is 1.30. The number of halogens is 1. The molecule has 0 aliphatic carbocycles. The topological polar surface area (TPSA) is 66.5 Å². The minimum Gasteiger partial charge on any atom is -0.338 e. The minimum atomic E-state index is -3.66. The predicted molar refractivity (Wildman–Crippen MR) is 96.8 cm³/mol. The summed E-state index contributed by atoms with van der Waals surface area (Å²) in [5.41, 5.74) is 2.43. The van der Waals surface area contributed by atoms with E-state index in [1.165, 1.54) is 17.7 Å². The first-order valence-electron chi connectivity index (χ1n) is 8.05. The van der Waals surface area contributed by atoms with Crippen molar-refractivity contribution in [1.29, 1.82) is 0 Å². The summed E-state index contributed by atoms with van der Waals surface area (Å²) in [7, 11) is -3.66. The zero-order valence-corrected chi connectivity index (χ0v) is 15.2. The molecule has 0 saturated heterocycles. The van der Waals surface area contributed by atoms with Gasteiger partial charge in [0.15, 0.2) is 0 Å². The summed E-state index contributed by atoms with van der Waals surface area (Å²) >= 11 is 5.83. The van der Waals surface area contributed by atoms with E-state index in [0.717, 1.165) is 12.0 Å². The normalized spacial score (nSPS) is 14.2. The Kier molecular flexibility index (Phi) is 5.42. The van der Waals surface area contributed by atoms with Crippen LogP contribution in [0.25, 0.3) is 0 Å². The van der Waals surface area contributed by atoms with Crippen LogP contribution in [0.4, 0.5) is 0 Å². The number of carbonyl (C=O) groups excluding carboxylic acids is 1. The van der Waals surface area contributed by atoms with E-state index in [-0.39, 0.29) is 23.8 Å². The molecule has 1 N–H and O–H groups in total. The van der Waals surface area contributed by atoms with Crippen molar-refractivity contribution >= 4 is 27.5 Å². The molecule has 25 heavy (non-hydrogen) atoms. The number of nitrogens with zero attached hydrogens (tertiary/aromatic N) is 1. The van der Waals surface area contributed by atoms with Crippen LogP contribution in [-0.2, 0) is 27.8 Å². The molecule has 2 aromatic rings. The summed E-state index contributed by atoms with van der Waals surface area (Å²) in [6, 6.07) is 14.1. The Hall–Kier alpha value is -1.89. The van der Waals surface area contributed by atoms with Crippen LogP contribution in [0.2, 0.25) is 5.02 Å². The molecule has 7 heteroatoms. The van der Waals surface area contributed by atoms with E-state index in [9.17, 15) is 13.2 Å². The van der Waals surface area contributed by atoms with E-state index < -0.39 is 10.0 Å². The molecule has 0 unspecified atom stereocenters. The van der Waals surface area contributed by atoms with Crippen molar-refractivity contribution < 1.29 is 13.2 Å². The van der Waals surface area contributed by atoms with Crippen LogP contribution in [0.15, 0.2) is 53.4 Å². The number of nitrogens with one attached hydrogen (secondary N) is 1. The molecule has 3 rings (SSSR count). The number of rotatable bonds is 5. The smallest absolute Gasteiger partial charge is 0.240 e. The quantitative estimate of drug-likeness (QED) is 0.869. The second-order valence-corrected chi connectivity index (χ2v) is 8.14. The molecule has 2 aromatic carbocycles. The fourth-order valence-electron chi connectivity index (χ4n) is 2.88. The third-order valence-corrected chi connectivity index (χ3v) is 5.91. The summed E-state index contributed by atoms with van der Waals surface area (Å²) in [4.78, 5) is 14.2. The average molecular weight is 379 g/mol. The Labute approximate surface area is 152 Å². The van der Waals surface area contributed by atoms with Gasteiger partial charge in [0.05, 0.1) is 4.90 Å². The summed E-state index contributed by atoms with van der Waals surface area (Å²) < 4.78 is 26.9. The van der Waals surface area contributed by atoms with Crippen molar-refractivity contribution in [3.63, 3.8) is 0 Å². The highest BCUT2D eigenvalue weighted by atomic mass is 35.5. The lowest BCUT2D eigenvalue weighted by Crippen LogP contribution is -2.38. The van der Waals surface area contributed by atoms with Gasteiger partial charge in [0, 0.05) is 31.1 Å². The monoisotopic (exact) mass is 378 g/mol. The van der Waals surface area contributed by atoms with Crippen LogP contribution in [-0.4, -0.2) is 32.3 Å².